The number of thiocarbonyl (C=S) groups is 1. The highest BCUT2D eigenvalue weighted by Gasteiger charge is 2.52. The summed E-state index contributed by atoms with van der Waals surface area (Å²) in [6.07, 6.45) is -8.07. The predicted octanol–water partition coefficient (Wildman–Crippen LogP) is 7.76. The van der Waals surface area contributed by atoms with Crippen molar-refractivity contribution in [1.82, 2.24) is 10.3 Å². The van der Waals surface area contributed by atoms with Crippen LogP contribution in [0.15, 0.2) is 42.6 Å². The quantitative estimate of drug-likeness (QED) is 0.0799. The Bertz CT molecular complexity index is 2060. The van der Waals surface area contributed by atoms with Gasteiger partial charge in [0.25, 0.3) is 5.91 Å². The van der Waals surface area contributed by atoms with Crippen molar-refractivity contribution in [3.63, 3.8) is 0 Å². The summed E-state index contributed by atoms with van der Waals surface area (Å²) in [5.41, 5.74) is -9.14. The molecule has 1 atom stereocenters. The monoisotopic (exact) mass is 813 g/mol. The van der Waals surface area contributed by atoms with Gasteiger partial charge in [-0.2, -0.15) is 31.6 Å². The number of hydrogen-bond donors (Lipinski definition) is 1. The van der Waals surface area contributed by atoms with Crippen LogP contribution in [0, 0.1) is 28.4 Å². The van der Waals surface area contributed by atoms with Crippen molar-refractivity contribution in [1.29, 1.82) is 5.26 Å². The Morgan fingerprint density at radius 2 is 1.70 bits per heavy atom. The van der Waals surface area contributed by atoms with Crippen molar-refractivity contribution in [2.75, 3.05) is 29.6 Å². The Morgan fingerprint density at radius 3 is 2.27 bits per heavy atom. The highest BCUT2D eigenvalue weighted by Crippen LogP contribution is 2.43. The van der Waals surface area contributed by atoms with Crippen LogP contribution in [-0.2, 0) is 31.5 Å². The summed E-state index contributed by atoms with van der Waals surface area (Å²) >= 11 is 5.34. The number of carbonyl (C=O) groups excluding carboxylic acids is 3. The number of aldehydes is 1. The largest absolute Gasteiger partial charge is 0.494 e. The number of pyridine rings is 1. The minimum Gasteiger partial charge on any atom is -0.494 e. The van der Waals surface area contributed by atoms with Crippen LogP contribution in [0.4, 0.5) is 46.5 Å². The molecule has 0 spiro atoms. The molecule has 3 aromatic rings. The second-order valence-electron chi connectivity index (χ2n) is 14.1. The molecule has 19 heteroatoms. The Kier molecular flexibility index (Phi) is 12.8. The minimum atomic E-state index is -5.32. The average molecular weight is 814 g/mol. The van der Waals surface area contributed by atoms with E-state index in [1.54, 1.807) is 20.8 Å². The first-order chi connectivity index (χ1) is 25.9. The van der Waals surface area contributed by atoms with Crippen LogP contribution in [0.1, 0.15) is 64.2 Å². The van der Waals surface area contributed by atoms with Gasteiger partial charge in [-0.15, -0.1) is 0 Å². The first-order valence-electron chi connectivity index (χ1n) is 16.8. The van der Waals surface area contributed by atoms with Crippen LogP contribution in [0.3, 0.4) is 0 Å². The lowest BCUT2D eigenvalue weighted by Crippen LogP contribution is -2.46. The van der Waals surface area contributed by atoms with Gasteiger partial charge in [0.2, 0.25) is 5.91 Å². The highest BCUT2D eigenvalue weighted by atomic mass is 32.1. The van der Waals surface area contributed by atoms with Crippen molar-refractivity contribution >= 4 is 46.8 Å². The molecule has 1 aliphatic rings. The minimum absolute atomic E-state index is 0.0318. The van der Waals surface area contributed by atoms with E-state index in [0.717, 1.165) is 29.3 Å². The molecule has 4 rings (SSSR count). The van der Waals surface area contributed by atoms with E-state index in [4.69, 9.17) is 27.0 Å². The molecular weight excluding hydrogens is 778 g/mol. The number of carbonyl (C=O) groups is 3. The molecule has 1 saturated heterocycles. The van der Waals surface area contributed by atoms with E-state index in [1.807, 2.05) is 0 Å². The molecule has 0 aliphatic carbocycles. The summed E-state index contributed by atoms with van der Waals surface area (Å²) in [4.78, 5) is 42.1. The molecular formula is C37H35F8N5O5S. The molecule has 2 aromatic carbocycles. The van der Waals surface area contributed by atoms with Crippen LogP contribution < -0.4 is 19.9 Å². The maximum absolute atomic E-state index is 15.7. The number of amides is 2. The normalized spacial score (nSPS) is 15.1. The summed E-state index contributed by atoms with van der Waals surface area (Å²) in [5.74, 6) is -4.94. The average Bonchev–Trinajstić information content (AvgIpc) is 3.27. The van der Waals surface area contributed by atoms with Crippen molar-refractivity contribution in [2.45, 2.75) is 71.4 Å². The third kappa shape index (κ3) is 9.24. The van der Waals surface area contributed by atoms with Crippen molar-refractivity contribution in [3.05, 3.63) is 70.9 Å². The zero-order valence-electron chi connectivity index (χ0n) is 30.5. The lowest BCUT2D eigenvalue weighted by atomic mass is 9.88. The third-order valence-electron chi connectivity index (χ3n) is 8.64. The molecule has 1 unspecified atom stereocenters. The van der Waals surface area contributed by atoms with E-state index < -0.39 is 91.5 Å². The number of ether oxygens (including phenoxy) is 2. The number of unbranched alkanes of at least 4 members (excludes halogenated alkanes) is 1. The Balaban J connectivity index is 1.49. The fraction of sp³-hybridized carbons (Fsp3) is 0.405. The number of nitriles is 1. The molecule has 2 heterocycles. The van der Waals surface area contributed by atoms with Gasteiger partial charge in [0.05, 0.1) is 47.4 Å². The van der Waals surface area contributed by atoms with Gasteiger partial charge in [0.1, 0.15) is 35.4 Å². The molecule has 2 amide bonds. The van der Waals surface area contributed by atoms with Crippen LogP contribution in [0.25, 0.3) is 11.3 Å². The van der Waals surface area contributed by atoms with E-state index in [0.29, 0.717) is 36.2 Å². The number of hydrogen-bond acceptors (Lipinski definition) is 8. The smallest absolute Gasteiger partial charge is 0.420 e. The first kappa shape index (κ1) is 43.5. The summed E-state index contributed by atoms with van der Waals surface area (Å²) in [6.45, 7) is 7.67. The van der Waals surface area contributed by atoms with Crippen molar-refractivity contribution in [3.8, 4) is 23.1 Å². The van der Waals surface area contributed by atoms with Gasteiger partial charge in [-0.3, -0.25) is 19.5 Å². The molecule has 0 saturated carbocycles. The van der Waals surface area contributed by atoms with E-state index in [1.165, 1.54) is 26.0 Å². The van der Waals surface area contributed by atoms with E-state index >= 15 is 8.78 Å². The maximum atomic E-state index is 15.7. The van der Waals surface area contributed by atoms with Crippen molar-refractivity contribution < 1.29 is 59.0 Å². The number of alkyl halides is 6. The summed E-state index contributed by atoms with van der Waals surface area (Å²) in [7, 11) is 0. The summed E-state index contributed by atoms with van der Waals surface area (Å²) in [6, 6.07) is 5.50. The predicted molar refractivity (Wildman–Crippen MR) is 190 cm³/mol. The molecule has 0 radical (unpaired) electrons. The van der Waals surface area contributed by atoms with Gasteiger partial charge in [-0.05, 0) is 74.7 Å². The summed E-state index contributed by atoms with van der Waals surface area (Å²) in [5, 5.41) is 11.1. The molecule has 1 N–H and O–H groups in total. The van der Waals surface area contributed by atoms with Crippen LogP contribution >= 0.6 is 12.2 Å². The standard InChI is InChI=1S/C37H35F8N5O5S/c1-34(2,3)27(18-51)48-28(52)19-54-12-6-7-13-55-22-9-10-23(24(15-22)36(40,41)42)31-25(38)14-21(17-47-31)50-33(56)49(32(53)35(50,4)5)26-11-8-20(16-46)29(30(26)39)37(43,44)45/h8-11,14-15,17-18,27H,6-7,12-13,19H2,1-5H3,(H,48,52). The number of anilines is 2. The van der Waals surface area contributed by atoms with Gasteiger partial charge in [0, 0.05) is 18.2 Å². The molecule has 300 valence electrons. The zero-order chi connectivity index (χ0) is 42.0. The van der Waals surface area contributed by atoms with E-state index in [2.05, 4.69) is 10.3 Å². The first-order valence-corrected chi connectivity index (χ1v) is 17.2. The molecule has 1 fully saturated rings. The molecule has 10 nitrogen and oxygen atoms in total. The second kappa shape index (κ2) is 16.5. The zero-order valence-corrected chi connectivity index (χ0v) is 31.3. The van der Waals surface area contributed by atoms with Gasteiger partial charge >= 0.3 is 12.4 Å². The second-order valence-corrected chi connectivity index (χ2v) is 14.5. The number of rotatable bonds is 13. The van der Waals surface area contributed by atoms with Gasteiger partial charge in [0.15, 0.2) is 16.7 Å². The molecule has 1 aromatic heterocycles. The van der Waals surface area contributed by atoms with Crippen LogP contribution in [-0.4, -0.2) is 59.6 Å². The van der Waals surface area contributed by atoms with Gasteiger partial charge in [-0.1, -0.05) is 20.8 Å². The SMILES string of the molecule is CC(C)(C)C(C=O)NC(=O)COCCCCOc1ccc(-c2ncc(N3C(=S)N(c4ccc(C#N)c(C(F)(F)F)c4F)C(=O)C3(C)C)cc2F)c(C(F)(F)F)c1. The fourth-order valence-corrected chi connectivity index (χ4v) is 6.20. The number of nitrogens with one attached hydrogen (secondary N) is 1. The van der Waals surface area contributed by atoms with E-state index in [-0.39, 0.29) is 31.3 Å². The van der Waals surface area contributed by atoms with Crippen molar-refractivity contribution in [2.24, 2.45) is 5.41 Å². The Labute approximate surface area is 321 Å². The number of benzene rings is 2. The topological polar surface area (TPSA) is 125 Å². The number of aromatic nitrogens is 1. The number of halogens is 8. The maximum Gasteiger partial charge on any atom is 0.420 e. The Morgan fingerprint density at radius 1 is 1.04 bits per heavy atom. The fourth-order valence-electron chi connectivity index (χ4n) is 5.68. The van der Waals surface area contributed by atoms with Crippen LogP contribution in [0.5, 0.6) is 5.75 Å². The molecule has 1 aliphatic heterocycles. The lowest BCUT2D eigenvalue weighted by Gasteiger charge is -2.29. The molecule has 56 heavy (non-hydrogen) atoms. The lowest BCUT2D eigenvalue weighted by molar-refractivity contribution is -0.140. The van der Waals surface area contributed by atoms with Gasteiger partial charge < -0.3 is 24.5 Å². The summed E-state index contributed by atoms with van der Waals surface area (Å²) < 4.78 is 126. The molecule has 0 bridgehead atoms. The van der Waals surface area contributed by atoms with E-state index in [9.17, 15) is 40.7 Å². The number of nitrogens with zero attached hydrogens (tertiary/aromatic N) is 4. The van der Waals surface area contributed by atoms with Crippen LogP contribution in [0.2, 0.25) is 0 Å². The Hall–Kier alpha value is -5.22. The third-order valence-corrected chi connectivity index (χ3v) is 9.01. The van der Waals surface area contributed by atoms with Gasteiger partial charge in [-0.25, -0.2) is 8.78 Å². The highest BCUT2D eigenvalue weighted by molar-refractivity contribution is 7.81.